The van der Waals surface area contributed by atoms with Gasteiger partial charge >= 0.3 is 0 Å². The van der Waals surface area contributed by atoms with Gasteiger partial charge in [0.2, 0.25) is 0 Å². The van der Waals surface area contributed by atoms with Gasteiger partial charge in [0, 0.05) is 27.8 Å². The number of nitrogens with one attached hydrogen (secondary N) is 1. The maximum Gasteiger partial charge on any atom is 0.251 e. The van der Waals surface area contributed by atoms with Crippen LogP contribution in [0.5, 0.6) is 0 Å². The van der Waals surface area contributed by atoms with Gasteiger partial charge in [-0.05, 0) is 49.7 Å². The molecule has 0 spiro atoms. The van der Waals surface area contributed by atoms with Crippen molar-refractivity contribution in [2.45, 2.75) is 18.7 Å². The highest BCUT2D eigenvalue weighted by Gasteiger charge is 2.08. The zero-order valence-corrected chi connectivity index (χ0v) is 13.7. The van der Waals surface area contributed by atoms with Crippen LogP contribution in [0, 0.1) is 13.8 Å². The molecule has 0 fully saturated rings. The number of hydrogen-bond donors (Lipinski definition) is 1. The van der Waals surface area contributed by atoms with E-state index in [4.69, 9.17) is 11.6 Å². The van der Waals surface area contributed by atoms with Crippen molar-refractivity contribution >= 4 is 29.3 Å². The first-order valence-corrected chi connectivity index (χ1v) is 8.16. The molecule has 0 saturated heterocycles. The van der Waals surface area contributed by atoms with Crippen molar-refractivity contribution in [1.29, 1.82) is 0 Å². The number of thioether (sulfide) groups is 1. The minimum absolute atomic E-state index is 0.00657. The van der Waals surface area contributed by atoms with E-state index >= 15 is 0 Å². The van der Waals surface area contributed by atoms with E-state index in [-0.39, 0.29) is 5.91 Å². The molecule has 0 bridgehead atoms. The number of rotatable bonds is 5. The van der Waals surface area contributed by atoms with Gasteiger partial charge in [-0.1, -0.05) is 29.3 Å². The van der Waals surface area contributed by atoms with Gasteiger partial charge in [0.05, 0.1) is 0 Å². The molecule has 0 aliphatic rings. The van der Waals surface area contributed by atoms with Crippen LogP contribution in [0.15, 0.2) is 47.4 Å². The van der Waals surface area contributed by atoms with Crippen LogP contribution >= 0.6 is 23.4 Å². The number of carbonyl (C=O) groups excluding carboxylic acids is 1. The Labute approximate surface area is 134 Å². The molecule has 21 heavy (non-hydrogen) atoms. The molecule has 0 saturated carbocycles. The maximum absolute atomic E-state index is 12.1. The van der Waals surface area contributed by atoms with Crippen molar-refractivity contribution in [1.82, 2.24) is 5.32 Å². The summed E-state index contributed by atoms with van der Waals surface area (Å²) in [5.41, 5.74) is 2.86. The minimum atomic E-state index is -0.00657. The van der Waals surface area contributed by atoms with E-state index in [1.54, 1.807) is 11.8 Å². The molecule has 0 radical (unpaired) electrons. The highest BCUT2D eigenvalue weighted by molar-refractivity contribution is 7.99. The first-order valence-electron chi connectivity index (χ1n) is 6.80. The van der Waals surface area contributed by atoms with Crippen LogP contribution in [0.3, 0.4) is 0 Å². The van der Waals surface area contributed by atoms with Crippen molar-refractivity contribution in [3.05, 3.63) is 64.2 Å². The van der Waals surface area contributed by atoms with E-state index in [1.807, 2.05) is 56.3 Å². The van der Waals surface area contributed by atoms with Crippen LogP contribution in [0.4, 0.5) is 0 Å². The molecule has 1 amide bonds. The largest absolute Gasteiger partial charge is 0.351 e. The molecule has 0 aliphatic heterocycles. The first-order chi connectivity index (χ1) is 10.1. The quantitative estimate of drug-likeness (QED) is 0.650. The van der Waals surface area contributed by atoms with E-state index in [0.717, 1.165) is 32.4 Å². The number of amides is 1. The fourth-order valence-corrected chi connectivity index (χ4v) is 2.83. The first kappa shape index (κ1) is 15.9. The zero-order chi connectivity index (χ0) is 15.2. The SMILES string of the molecule is Cc1ccc(C)c(C(=O)NCCSc2ccc(Cl)cc2)c1. The van der Waals surface area contributed by atoms with Gasteiger partial charge < -0.3 is 5.32 Å². The summed E-state index contributed by atoms with van der Waals surface area (Å²) in [4.78, 5) is 13.3. The Morgan fingerprint density at radius 3 is 2.57 bits per heavy atom. The summed E-state index contributed by atoms with van der Waals surface area (Å²) >= 11 is 7.54. The Balaban J connectivity index is 1.81. The highest BCUT2D eigenvalue weighted by atomic mass is 35.5. The van der Waals surface area contributed by atoms with Crippen molar-refractivity contribution in [3.63, 3.8) is 0 Å². The monoisotopic (exact) mass is 319 g/mol. The van der Waals surface area contributed by atoms with Crippen LogP contribution in [-0.2, 0) is 0 Å². The van der Waals surface area contributed by atoms with Crippen LogP contribution in [0.2, 0.25) is 5.02 Å². The van der Waals surface area contributed by atoms with Crippen molar-refractivity contribution in [2.24, 2.45) is 0 Å². The molecular weight excluding hydrogens is 302 g/mol. The molecule has 2 aromatic carbocycles. The lowest BCUT2D eigenvalue weighted by atomic mass is 10.1. The van der Waals surface area contributed by atoms with Crippen molar-refractivity contribution in [2.75, 3.05) is 12.3 Å². The van der Waals surface area contributed by atoms with Crippen LogP contribution < -0.4 is 5.32 Å². The van der Waals surface area contributed by atoms with Gasteiger partial charge in [0.1, 0.15) is 0 Å². The fraction of sp³-hybridized carbons (Fsp3) is 0.235. The third-order valence-electron chi connectivity index (χ3n) is 3.11. The normalized spacial score (nSPS) is 10.4. The Hall–Kier alpha value is -1.45. The molecule has 1 N–H and O–H groups in total. The molecule has 0 aliphatic carbocycles. The average Bonchev–Trinajstić information content (AvgIpc) is 2.47. The molecule has 110 valence electrons. The second-order valence-corrected chi connectivity index (χ2v) is 6.48. The average molecular weight is 320 g/mol. The van der Waals surface area contributed by atoms with Crippen LogP contribution in [-0.4, -0.2) is 18.2 Å². The number of hydrogen-bond acceptors (Lipinski definition) is 2. The fourth-order valence-electron chi connectivity index (χ4n) is 1.94. The number of carbonyl (C=O) groups is 1. The van der Waals surface area contributed by atoms with E-state index in [0.29, 0.717) is 6.54 Å². The van der Waals surface area contributed by atoms with Gasteiger partial charge in [-0.15, -0.1) is 11.8 Å². The summed E-state index contributed by atoms with van der Waals surface area (Å²) in [6.07, 6.45) is 0. The maximum atomic E-state index is 12.1. The molecule has 2 aromatic rings. The van der Waals surface area contributed by atoms with Gasteiger partial charge in [0.15, 0.2) is 0 Å². The smallest absolute Gasteiger partial charge is 0.251 e. The Kier molecular flexibility index (Phi) is 5.71. The van der Waals surface area contributed by atoms with Crippen molar-refractivity contribution < 1.29 is 4.79 Å². The second kappa shape index (κ2) is 7.53. The minimum Gasteiger partial charge on any atom is -0.351 e. The third-order valence-corrected chi connectivity index (χ3v) is 4.37. The van der Waals surface area contributed by atoms with Gasteiger partial charge in [-0.25, -0.2) is 0 Å². The Bertz CT molecular complexity index is 625. The van der Waals surface area contributed by atoms with E-state index in [2.05, 4.69) is 5.32 Å². The van der Waals surface area contributed by atoms with Gasteiger partial charge in [-0.3, -0.25) is 4.79 Å². The zero-order valence-electron chi connectivity index (χ0n) is 12.2. The summed E-state index contributed by atoms with van der Waals surface area (Å²) in [5.74, 6) is 0.825. The Morgan fingerprint density at radius 1 is 1.14 bits per heavy atom. The van der Waals surface area contributed by atoms with E-state index < -0.39 is 0 Å². The molecule has 0 unspecified atom stereocenters. The molecule has 0 aromatic heterocycles. The number of halogens is 1. The summed E-state index contributed by atoms with van der Waals surface area (Å²) in [5, 5.41) is 3.70. The molecule has 2 rings (SSSR count). The van der Waals surface area contributed by atoms with E-state index in [1.165, 1.54) is 0 Å². The van der Waals surface area contributed by atoms with Gasteiger partial charge in [0.25, 0.3) is 5.91 Å². The molecule has 2 nitrogen and oxygen atoms in total. The summed E-state index contributed by atoms with van der Waals surface area (Å²) < 4.78 is 0. The molecule has 4 heteroatoms. The third kappa shape index (κ3) is 4.80. The topological polar surface area (TPSA) is 29.1 Å². The summed E-state index contributed by atoms with van der Waals surface area (Å²) in [6, 6.07) is 13.6. The molecule has 0 heterocycles. The summed E-state index contributed by atoms with van der Waals surface area (Å²) in [7, 11) is 0. The van der Waals surface area contributed by atoms with Crippen LogP contribution in [0.25, 0.3) is 0 Å². The molecule has 0 atom stereocenters. The predicted octanol–water partition coefficient (Wildman–Crippen LogP) is 4.48. The number of benzene rings is 2. The second-order valence-electron chi connectivity index (χ2n) is 4.88. The van der Waals surface area contributed by atoms with Crippen molar-refractivity contribution in [3.8, 4) is 0 Å². The van der Waals surface area contributed by atoms with E-state index in [9.17, 15) is 4.79 Å². The number of aryl methyl sites for hydroxylation is 2. The van der Waals surface area contributed by atoms with Crippen LogP contribution in [0.1, 0.15) is 21.5 Å². The lowest BCUT2D eigenvalue weighted by Crippen LogP contribution is -2.26. The molecular formula is C17H18ClNOS. The highest BCUT2D eigenvalue weighted by Crippen LogP contribution is 2.19. The van der Waals surface area contributed by atoms with Gasteiger partial charge in [-0.2, -0.15) is 0 Å². The predicted molar refractivity (Wildman–Crippen MR) is 90.4 cm³/mol. The standard InChI is InChI=1S/C17H18ClNOS/c1-12-3-4-13(2)16(11-12)17(20)19-9-10-21-15-7-5-14(18)6-8-15/h3-8,11H,9-10H2,1-2H3,(H,19,20). The Morgan fingerprint density at radius 2 is 1.86 bits per heavy atom. The summed E-state index contributed by atoms with van der Waals surface area (Å²) in [6.45, 7) is 4.59. The lowest BCUT2D eigenvalue weighted by molar-refractivity contribution is 0.0955. The lowest BCUT2D eigenvalue weighted by Gasteiger charge is -2.08.